The summed E-state index contributed by atoms with van der Waals surface area (Å²) >= 11 is 0. The Morgan fingerprint density at radius 1 is 0.889 bits per heavy atom. The molecule has 0 radical (unpaired) electrons. The summed E-state index contributed by atoms with van der Waals surface area (Å²) in [5, 5.41) is 0. The van der Waals surface area contributed by atoms with Crippen LogP contribution in [-0.4, -0.2) is 11.6 Å². The fourth-order valence-electron chi connectivity index (χ4n) is 1.87. The number of ketones is 2. The van der Waals surface area contributed by atoms with Gasteiger partial charge in [-0.3, -0.25) is 9.59 Å². The van der Waals surface area contributed by atoms with E-state index in [1.165, 1.54) is 6.92 Å². The molecule has 2 aromatic rings. The van der Waals surface area contributed by atoms with E-state index in [0.717, 1.165) is 16.7 Å². The van der Waals surface area contributed by atoms with E-state index >= 15 is 0 Å². The normalized spacial score (nSPS) is 10.1. The molecule has 0 aliphatic carbocycles. The summed E-state index contributed by atoms with van der Waals surface area (Å²) in [7, 11) is 0. The molecule has 0 saturated heterocycles. The Bertz CT molecular complexity index is 571. The zero-order valence-corrected chi connectivity index (χ0v) is 10.2. The van der Waals surface area contributed by atoms with Crippen molar-refractivity contribution in [1.29, 1.82) is 0 Å². The molecule has 2 rings (SSSR count). The van der Waals surface area contributed by atoms with Gasteiger partial charge in [0.2, 0.25) is 5.78 Å². The smallest absolute Gasteiger partial charge is 0.202 e. The van der Waals surface area contributed by atoms with Gasteiger partial charge in [-0.05, 0) is 16.7 Å². The first-order chi connectivity index (χ1) is 8.68. The monoisotopic (exact) mass is 238 g/mol. The van der Waals surface area contributed by atoms with Gasteiger partial charge >= 0.3 is 0 Å². The highest BCUT2D eigenvalue weighted by Gasteiger charge is 2.12. The molecule has 0 aliphatic rings. The van der Waals surface area contributed by atoms with Crippen molar-refractivity contribution in [2.24, 2.45) is 0 Å². The van der Waals surface area contributed by atoms with Crippen LogP contribution in [0, 0.1) is 0 Å². The highest BCUT2D eigenvalue weighted by atomic mass is 16.2. The lowest BCUT2D eigenvalue weighted by molar-refractivity contribution is -0.134. The van der Waals surface area contributed by atoms with Gasteiger partial charge < -0.3 is 0 Å². The number of carbonyl (C=O) groups is 2. The molecule has 0 unspecified atom stereocenters. The molecule has 0 amide bonds. The second kappa shape index (κ2) is 5.41. The highest BCUT2D eigenvalue weighted by Crippen LogP contribution is 2.23. The van der Waals surface area contributed by atoms with E-state index in [9.17, 15) is 9.59 Å². The van der Waals surface area contributed by atoms with Gasteiger partial charge in [0, 0.05) is 13.3 Å². The zero-order chi connectivity index (χ0) is 13.0. The Balaban J connectivity index is 2.38. The molecule has 2 aromatic carbocycles. The molecule has 0 heterocycles. The van der Waals surface area contributed by atoms with Gasteiger partial charge in [0.25, 0.3) is 0 Å². The molecular formula is C16H14O2. The fourth-order valence-corrected chi connectivity index (χ4v) is 1.87. The van der Waals surface area contributed by atoms with Crippen molar-refractivity contribution in [3.63, 3.8) is 0 Å². The molecule has 0 atom stereocenters. The molecule has 0 fully saturated rings. The van der Waals surface area contributed by atoms with Crippen molar-refractivity contribution in [1.82, 2.24) is 0 Å². The molecule has 18 heavy (non-hydrogen) atoms. The Kier molecular flexibility index (Phi) is 3.68. The van der Waals surface area contributed by atoms with E-state index < -0.39 is 5.78 Å². The fraction of sp³-hybridized carbons (Fsp3) is 0.125. The maximum absolute atomic E-state index is 11.5. The van der Waals surface area contributed by atoms with Crippen LogP contribution in [0.1, 0.15) is 12.5 Å². The lowest BCUT2D eigenvalue weighted by atomic mass is 9.96. The number of benzene rings is 2. The first-order valence-electron chi connectivity index (χ1n) is 5.85. The standard InChI is InChI=1S/C16H14O2/c1-12(17)16(18)11-14-9-5-6-10-15(14)13-7-3-2-4-8-13/h2-10H,11H2,1H3. The van der Waals surface area contributed by atoms with Crippen LogP contribution in [0.25, 0.3) is 11.1 Å². The first kappa shape index (κ1) is 12.2. The summed E-state index contributed by atoms with van der Waals surface area (Å²) in [5.41, 5.74) is 2.96. The third kappa shape index (κ3) is 2.72. The minimum Gasteiger partial charge on any atom is -0.291 e. The van der Waals surface area contributed by atoms with Crippen LogP contribution < -0.4 is 0 Å². The van der Waals surface area contributed by atoms with Gasteiger partial charge in [-0.1, -0.05) is 54.6 Å². The molecule has 0 N–H and O–H groups in total. The first-order valence-corrected chi connectivity index (χ1v) is 5.85. The summed E-state index contributed by atoms with van der Waals surface area (Å²) < 4.78 is 0. The maximum atomic E-state index is 11.5. The van der Waals surface area contributed by atoms with Gasteiger partial charge in [0.15, 0.2) is 5.78 Å². The number of hydrogen-bond acceptors (Lipinski definition) is 2. The Morgan fingerprint density at radius 2 is 1.50 bits per heavy atom. The summed E-state index contributed by atoms with van der Waals surface area (Å²) in [6.45, 7) is 1.31. The average Bonchev–Trinajstić information content (AvgIpc) is 2.40. The predicted molar refractivity (Wildman–Crippen MR) is 71.3 cm³/mol. The van der Waals surface area contributed by atoms with E-state index in [2.05, 4.69) is 0 Å². The van der Waals surface area contributed by atoms with Crippen molar-refractivity contribution in [2.45, 2.75) is 13.3 Å². The van der Waals surface area contributed by atoms with Gasteiger partial charge in [0.1, 0.15) is 0 Å². The average molecular weight is 238 g/mol. The largest absolute Gasteiger partial charge is 0.291 e. The summed E-state index contributed by atoms with van der Waals surface area (Å²) in [6.07, 6.45) is 0.167. The zero-order valence-electron chi connectivity index (χ0n) is 10.2. The Labute approximate surface area is 106 Å². The van der Waals surface area contributed by atoms with Crippen LogP contribution in [0.4, 0.5) is 0 Å². The van der Waals surface area contributed by atoms with E-state index in [0.29, 0.717) is 0 Å². The minimum atomic E-state index is -0.391. The SMILES string of the molecule is CC(=O)C(=O)Cc1ccccc1-c1ccccc1. The number of Topliss-reactive ketones (excluding diaryl/α,β-unsaturated/α-hetero) is 2. The van der Waals surface area contributed by atoms with E-state index in [-0.39, 0.29) is 12.2 Å². The third-order valence-electron chi connectivity index (χ3n) is 2.85. The van der Waals surface area contributed by atoms with E-state index in [1.54, 1.807) is 0 Å². The lowest BCUT2D eigenvalue weighted by Gasteiger charge is -2.08. The van der Waals surface area contributed by atoms with Gasteiger partial charge in [-0.2, -0.15) is 0 Å². The number of carbonyl (C=O) groups excluding carboxylic acids is 2. The Hall–Kier alpha value is -2.22. The van der Waals surface area contributed by atoms with Gasteiger partial charge in [0.05, 0.1) is 0 Å². The van der Waals surface area contributed by atoms with Crippen LogP contribution in [0.3, 0.4) is 0 Å². The predicted octanol–water partition coefficient (Wildman–Crippen LogP) is 3.05. The van der Waals surface area contributed by atoms with Crippen LogP contribution in [0.15, 0.2) is 54.6 Å². The Morgan fingerprint density at radius 3 is 2.17 bits per heavy atom. The van der Waals surface area contributed by atoms with E-state index in [4.69, 9.17) is 0 Å². The molecule has 2 heteroatoms. The van der Waals surface area contributed by atoms with Crippen molar-refractivity contribution < 1.29 is 9.59 Å². The van der Waals surface area contributed by atoms with Crippen molar-refractivity contribution in [3.05, 3.63) is 60.2 Å². The van der Waals surface area contributed by atoms with Crippen molar-refractivity contribution in [2.75, 3.05) is 0 Å². The summed E-state index contributed by atoms with van der Waals surface area (Å²) in [6, 6.07) is 17.5. The van der Waals surface area contributed by atoms with Crippen LogP contribution in [0.5, 0.6) is 0 Å². The minimum absolute atomic E-state index is 0.167. The second-order valence-corrected chi connectivity index (χ2v) is 4.18. The second-order valence-electron chi connectivity index (χ2n) is 4.18. The molecular weight excluding hydrogens is 224 g/mol. The van der Waals surface area contributed by atoms with Crippen molar-refractivity contribution in [3.8, 4) is 11.1 Å². The third-order valence-corrected chi connectivity index (χ3v) is 2.85. The lowest BCUT2D eigenvalue weighted by Crippen LogP contribution is -2.12. The van der Waals surface area contributed by atoms with Crippen LogP contribution in [0.2, 0.25) is 0 Å². The molecule has 0 aromatic heterocycles. The molecule has 0 bridgehead atoms. The molecule has 2 nitrogen and oxygen atoms in total. The maximum Gasteiger partial charge on any atom is 0.202 e. The molecule has 0 aliphatic heterocycles. The highest BCUT2D eigenvalue weighted by molar-refractivity contribution is 6.36. The molecule has 90 valence electrons. The summed E-state index contributed by atoms with van der Waals surface area (Å²) in [4.78, 5) is 22.6. The molecule has 0 spiro atoms. The number of rotatable bonds is 4. The van der Waals surface area contributed by atoms with Gasteiger partial charge in [-0.25, -0.2) is 0 Å². The van der Waals surface area contributed by atoms with Crippen molar-refractivity contribution >= 4 is 11.6 Å². The topological polar surface area (TPSA) is 34.1 Å². The van der Waals surface area contributed by atoms with Gasteiger partial charge in [-0.15, -0.1) is 0 Å². The quantitative estimate of drug-likeness (QED) is 0.767. The van der Waals surface area contributed by atoms with Crippen LogP contribution in [-0.2, 0) is 16.0 Å². The number of hydrogen-bond donors (Lipinski definition) is 0. The van der Waals surface area contributed by atoms with E-state index in [1.807, 2.05) is 54.6 Å². The molecule has 0 saturated carbocycles. The van der Waals surface area contributed by atoms with Crippen LogP contribution >= 0.6 is 0 Å². The summed E-state index contributed by atoms with van der Waals surface area (Å²) in [5.74, 6) is -0.740.